The van der Waals surface area contributed by atoms with Crippen LogP contribution < -0.4 is 10.5 Å². The second kappa shape index (κ2) is 6.39. The summed E-state index contributed by atoms with van der Waals surface area (Å²) in [4.78, 5) is 0. The van der Waals surface area contributed by atoms with E-state index in [1.54, 1.807) is 0 Å². The number of benzene rings is 1. The molecule has 1 aromatic rings. The first-order valence-corrected chi connectivity index (χ1v) is 8.65. The van der Waals surface area contributed by atoms with Crippen LogP contribution in [0.5, 0.6) is 5.75 Å². The number of hydrogen-bond acceptors (Lipinski definition) is 2. The van der Waals surface area contributed by atoms with Gasteiger partial charge in [0.15, 0.2) is 0 Å². The Morgan fingerprint density at radius 1 is 1.00 bits per heavy atom. The molecule has 1 unspecified atom stereocenters. The van der Waals surface area contributed by atoms with E-state index in [-0.39, 0.29) is 6.04 Å². The molecule has 0 radical (unpaired) electrons. The van der Waals surface area contributed by atoms with Crippen LogP contribution >= 0.6 is 0 Å². The second-order valence-electron chi connectivity index (χ2n) is 7.33. The zero-order valence-electron chi connectivity index (χ0n) is 13.4. The van der Waals surface area contributed by atoms with E-state index in [2.05, 4.69) is 38.1 Å². The summed E-state index contributed by atoms with van der Waals surface area (Å²) >= 11 is 0. The van der Waals surface area contributed by atoms with Gasteiger partial charge in [-0.2, -0.15) is 0 Å². The summed E-state index contributed by atoms with van der Waals surface area (Å²) < 4.78 is 5.90. The largest absolute Gasteiger partial charge is 0.490 e. The van der Waals surface area contributed by atoms with Crippen LogP contribution in [0.2, 0.25) is 0 Å². The van der Waals surface area contributed by atoms with Crippen LogP contribution in [0.4, 0.5) is 0 Å². The fourth-order valence-corrected chi connectivity index (χ4v) is 3.62. The lowest BCUT2D eigenvalue weighted by Gasteiger charge is -2.34. The van der Waals surface area contributed by atoms with Gasteiger partial charge in [-0.15, -0.1) is 0 Å². The number of hydrogen-bond donors (Lipinski definition) is 1. The van der Waals surface area contributed by atoms with Gasteiger partial charge in [0.05, 0.1) is 6.10 Å². The van der Waals surface area contributed by atoms with Crippen LogP contribution in [0.3, 0.4) is 0 Å². The maximum atomic E-state index is 6.55. The number of ether oxygens (including phenoxy) is 1. The van der Waals surface area contributed by atoms with E-state index in [9.17, 15) is 0 Å². The Balaban J connectivity index is 1.60. The van der Waals surface area contributed by atoms with Gasteiger partial charge < -0.3 is 10.5 Å². The van der Waals surface area contributed by atoms with E-state index in [1.165, 1.54) is 44.1 Å². The Hall–Kier alpha value is -1.02. The highest BCUT2D eigenvalue weighted by Gasteiger charge is 2.28. The minimum Gasteiger partial charge on any atom is -0.490 e. The first kappa shape index (κ1) is 14.9. The predicted octanol–water partition coefficient (Wildman–Crippen LogP) is 4.69. The van der Waals surface area contributed by atoms with Crippen LogP contribution in [0.15, 0.2) is 24.3 Å². The molecule has 2 nitrogen and oxygen atoms in total. The molecule has 0 bridgehead atoms. The summed E-state index contributed by atoms with van der Waals surface area (Å²) in [6.45, 7) is 4.70. The summed E-state index contributed by atoms with van der Waals surface area (Å²) in [6, 6.07) is 8.65. The van der Waals surface area contributed by atoms with Crippen molar-refractivity contribution in [1.29, 1.82) is 0 Å². The quantitative estimate of drug-likeness (QED) is 0.852. The fraction of sp³-hybridized carbons (Fsp3) is 0.684. The first-order valence-electron chi connectivity index (χ1n) is 8.65. The van der Waals surface area contributed by atoms with Gasteiger partial charge in [-0.25, -0.2) is 0 Å². The SMILES string of the molecule is CC(C)C1CCC(C(N)c2cccc(OC3CC3)c2)CC1. The number of rotatable bonds is 5. The van der Waals surface area contributed by atoms with Gasteiger partial charge in [-0.05, 0) is 74.0 Å². The minimum absolute atomic E-state index is 0.167. The van der Waals surface area contributed by atoms with Crippen molar-refractivity contribution in [2.24, 2.45) is 23.5 Å². The van der Waals surface area contributed by atoms with Crippen LogP contribution in [0, 0.1) is 17.8 Å². The molecule has 0 saturated heterocycles. The second-order valence-corrected chi connectivity index (χ2v) is 7.33. The fourth-order valence-electron chi connectivity index (χ4n) is 3.62. The first-order chi connectivity index (χ1) is 10.1. The highest BCUT2D eigenvalue weighted by molar-refractivity contribution is 5.31. The molecular formula is C19H29NO. The van der Waals surface area contributed by atoms with Gasteiger partial charge in [-0.3, -0.25) is 0 Å². The molecular weight excluding hydrogens is 258 g/mol. The van der Waals surface area contributed by atoms with Crippen LogP contribution in [-0.4, -0.2) is 6.10 Å². The molecule has 0 spiro atoms. The maximum absolute atomic E-state index is 6.55. The molecule has 1 atom stereocenters. The lowest BCUT2D eigenvalue weighted by Crippen LogP contribution is -2.27. The Bertz CT molecular complexity index is 458. The molecule has 116 valence electrons. The average Bonchev–Trinajstić information content (AvgIpc) is 3.31. The highest BCUT2D eigenvalue weighted by atomic mass is 16.5. The lowest BCUT2D eigenvalue weighted by molar-refractivity contribution is 0.203. The topological polar surface area (TPSA) is 35.2 Å². The molecule has 21 heavy (non-hydrogen) atoms. The molecule has 0 heterocycles. The Kier molecular flexibility index (Phi) is 4.54. The van der Waals surface area contributed by atoms with Crippen molar-refractivity contribution in [2.45, 2.75) is 64.5 Å². The Morgan fingerprint density at radius 2 is 1.67 bits per heavy atom. The van der Waals surface area contributed by atoms with Gasteiger partial charge in [-0.1, -0.05) is 26.0 Å². The molecule has 2 aliphatic rings. The van der Waals surface area contributed by atoms with Crippen molar-refractivity contribution < 1.29 is 4.74 Å². The zero-order valence-corrected chi connectivity index (χ0v) is 13.4. The van der Waals surface area contributed by atoms with E-state index >= 15 is 0 Å². The molecule has 2 N–H and O–H groups in total. The minimum atomic E-state index is 0.167. The molecule has 2 saturated carbocycles. The highest BCUT2D eigenvalue weighted by Crippen LogP contribution is 2.39. The van der Waals surface area contributed by atoms with Crippen molar-refractivity contribution in [3.8, 4) is 5.75 Å². The Labute approximate surface area is 129 Å². The molecule has 2 aliphatic carbocycles. The van der Waals surface area contributed by atoms with Gasteiger partial charge in [0, 0.05) is 6.04 Å². The van der Waals surface area contributed by atoms with E-state index in [0.29, 0.717) is 12.0 Å². The lowest BCUT2D eigenvalue weighted by atomic mass is 9.73. The van der Waals surface area contributed by atoms with Crippen molar-refractivity contribution in [1.82, 2.24) is 0 Å². The summed E-state index contributed by atoms with van der Waals surface area (Å²) in [5.74, 6) is 3.35. The van der Waals surface area contributed by atoms with Crippen molar-refractivity contribution >= 4 is 0 Å². The van der Waals surface area contributed by atoms with Crippen LogP contribution in [0.25, 0.3) is 0 Å². The average molecular weight is 287 g/mol. The summed E-state index contributed by atoms with van der Waals surface area (Å²) in [6.07, 6.45) is 8.10. The third kappa shape index (κ3) is 3.79. The molecule has 0 aliphatic heterocycles. The van der Waals surface area contributed by atoms with Gasteiger partial charge in [0.25, 0.3) is 0 Å². The van der Waals surface area contributed by atoms with Gasteiger partial charge in [0.1, 0.15) is 5.75 Å². The summed E-state index contributed by atoms with van der Waals surface area (Å²) in [7, 11) is 0. The Morgan fingerprint density at radius 3 is 2.29 bits per heavy atom. The standard InChI is InChI=1S/C19H29NO/c1-13(2)14-6-8-15(9-7-14)19(20)16-4-3-5-18(12-16)21-17-10-11-17/h3-5,12-15,17,19H,6-11,20H2,1-2H3. The van der Waals surface area contributed by atoms with E-state index in [1.807, 2.05) is 0 Å². The molecule has 1 aromatic carbocycles. The zero-order chi connectivity index (χ0) is 14.8. The molecule has 2 fully saturated rings. The molecule has 0 amide bonds. The van der Waals surface area contributed by atoms with Crippen LogP contribution in [0.1, 0.15) is 64.0 Å². The van der Waals surface area contributed by atoms with Crippen LogP contribution in [-0.2, 0) is 0 Å². The molecule has 3 rings (SSSR count). The molecule has 2 heteroatoms. The third-order valence-corrected chi connectivity index (χ3v) is 5.34. The van der Waals surface area contributed by atoms with E-state index < -0.39 is 0 Å². The maximum Gasteiger partial charge on any atom is 0.120 e. The third-order valence-electron chi connectivity index (χ3n) is 5.34. The van der Waals surface area contributed by atoms with Gasteiger partial charge >= 0.3 is 0 Å². The molecule has 0 aromatic heterocycles. The van der Waals surface area contributed by atoms with Gasteiger partial charge in [0.2, 0.25) is 0 Å². The van der Waals surface area contributed by atoms with E-state index in [0.717, 1.165) is 17.6 Å². The van der Waals surface area contributed by atoms with E-state index in [4.69, 9.17) is 10.5 Å². The smallest absolute Gasteiger partial charge is 0.120 e. The summed E-state index contributed by atoms with van der Waals surface area (Å²) in [5.41, 5.74) is 7.80. The summed E-state index contributed by atoms with van der Waals surface area (Å²) in [5, 5.41) is 0. The van der Waals surface area contributed by atoms with Crippen molar-refractivity contribution in [2.75, 3.05) is 0 Å². The monoisotopic (exact) mass is 287 g/mol. The van der Waals surface area contributed by atoms with Crippen molar-refractivity contribution in [3.63, 3.8) is 0 Å². The predicted molar refractivity (Wildman–Crippen MR) is 87.3 cm³/mol. The van der Waals surface area contributed by atoms with Crippen molar-refractivity contribution in [3.05, 3.63) is 29.8 Å². The normalized spacial score (nSPS) is 27.6. The number of nitrogens with two attached hydrogens (primary N) is 1.